The molecule has 26 heavy (non-hydrogen) atoms. The number of nitrogens with zero attached hydrogens (tertiary/aromatic N) is 1. The molecule has 2 aromatic rings. The summed E-state index contributed by atoms with van der Waals surface area (Å²) in [4.78, 5) is 18.0. The van der Waals surface area contributed by atoms with E-state index in [1.54, 1.807) is 12.1 Å². The van der Waals surface area contributed by atoms with E-state index < -0.39 is 9.84 Å². The van der Waals surface area contributed by atoms with Crippen LogP contribution in [0.15, 0.2) is 29.2 Å². The number of nitrogens with two attached hydrogens (primary N) is 1. The van der Waals surface area contributed by atoms with Crippen molar-refractivity contribution in [2.24, 2.45) is 11.7 Å². The number of hydrogen-bond acceptors (Lipinski definition) is 6. The van der Waals surface area contributed by atoms with Crippen molar-refractivity contribution < 1.29 is 13.2 Å². The zero-order chi connectivity index (χ0) is 19.3. The number of amides is 1. The van der Waals surface area contributed by atoms with Crippen LogP contribution in [0.3, 0.4) is 0 Å². The fourth-order valence-electron chi connectivity index (χ4n) is 2.43. The normalized spacial score (nSPS) is 12.8. The Morgan fingerprint density at radius 3 is 2.50 bits per heavy atom. The van der Waals surface area contributed by atoms with Gasteiger partial charge < -0.3 is 11.1 Å². The molecule has 1 aromatic carbocycles. The predicted octanol–water partition coefficient (Wildman–Crippen LogP) is 2.78. The van der Waals surface area contributed by atoms with E-state index in [0.29, 0.717) is 17.6 Å². The maximum absolute atomic E-state index is 12.3. The molecule has 8 heteroatoms. The van der Waals surface area contributed by atoms with Gasteiger partial charge in [0, 0.05) is 17.7 Å². The maximum Gasteiger partial charge on any atom is 0.230 e. The molecular formula is C18H25N3O3S2. The number of benzene rings is 1. The van der Waals surface area contributed by atoms with Gasteiger partial charge in [-0.2, -0.15) is 0 Å². The molecule has 1 heterocycles. The van der Waals surface area contributed by atoms with E-state index in [4.69, 9.17) is 5.73 Å². The molecule has 1 unspecified atom stereocenters. The Morgan fingerprint density at radius 1 is 1.31 bits per heavy atom. The molecule has 1 atom stereocenters. The average molecular weight is 396 g/mol. The summed E-state index contributed by atoms with van der Waals surface area (Å²) in [5.41, 5.74) is 7.49. The fourth-order valence-corrected chi connectivity index (χ4v) is 3.95. The number of hydrogen-bond donors (Lipinski definition) is 2. The summed E-state index contributed by atoms with van der Waals surface area (Å²) in [6.45, 7) is 4.71. The number of nitrogens with one attached hydrogen (secondary N) is 1. The first kappa shape index (κ1) is 20.5. The summed E-state index contributed by atoms with van der Waals surface area (Å²) in [5, 5.41) is 3.37. The zero-order valence-electron chi connectivity index (χ0n) is 15.3. The Hall–Kier alpha value is -1.77. The standard InChI is InChI=1S/C18H25N3O3S2/c1-4-12(2)9-15-16(11-19)25-18(20-15)21-17(22)10-13-5-7-14(8-6-13)26(3,23)24/h5-8,12H,4,9-11,19H2,1-3H3,(H,20,21,22). The summed E-state index contributed by atoms with van der Waals surface area (Å²) < 4.78 is 22.9. The highest BCUT2D eigenvalue weighted by molar-refractivity contribution is 7.90. The summed E-state index contributed by atoms with van der Waals surface area (Å²) in [5.74, 6) is 0.323. The fraction of sp³-hybridized carbons (Fsp3) is 0.444. The van der Waals surface area contributed by atoms with Crippen LogP contribution >= 0.6 is 11.3 Å². The van der Waals surface area contributed by atoms with Crippen LogP contribution in [0.1, 0.15) is 36.4 Å². The highest BCUT2D eigenvalue weighted by atomic mass is 32.2. The van der Waals surface area contributed by atoms with Gasteiger partial charge in [0.15, 0.2) is 15.0 Å². The monoisotopic (exact) mass is 395 g/mol. The molecule has 0 radical (unpaired) electrons. The van der Waals surface area contributed by atoms with Crippen LogP contribution in [-0.2, 0) is 34.0 Å². The van der Waals surface area contributed by atoms with Crippen LogP contribution in [0.4, 0.5) is 5.13 Å². The van der Waals surface area contributed by atoms with Gasteiger partial charge in [-0.25, -0.2) is 13.4 Å². The molecule has 0 aliphatic rings. The second-order valence-corrected chi connectivity index (χ2v) is 9.55. The molecule has 6 nitrogen and oxygen atoms in total. The molecule has 1 amide bonds. The molecule has 0 saturated carbocycles. The van der Waals surface area contributed by atoms with Crippen molar-refractivity contribution in [3.63, 3.8) is 0 Å². The van der Waals surface area contributed by atoms with Crippen LogP contribution in [-0.4, -0.2) is 25.6 Å². The lowest BCUT2D eigenvalue weighted by atomic mass is 10.0. The Bertz CT molecular complexity index is 858. The van der Waals surface area contributed by atoms with Gasteiger partial charge in [-0.3, -0.25) is 4.79 Å². The lowest BCUT2D eigenvalue weighted by Crippen LogP contribution is -2.14. The minimum atomic E-state index is -3.23. The first-order chi connectivity index (χ1) is 12.2. The Labute approximate surface area is 158 Å². The Balaban J connectivity index is 2.03. The lowest BCUT2D eigenvalue weighted by molar-refractivity contribution is -0.115. The summed E-state index contributed by atoms with van der Waals surface area (Å²) in [7, 11) is -3.23. The molecule has 0 saturated heterocycles. The number of carbonyl (C=O) groups excluding carboxylic acids is 1. The van der Waals surface area contributed by atoms with E-state index in [1.807, 2.05) is 0 Å². The van der Waals surface area contributed by atoms with Crippen molar-refractivity contribution in [3.8, 4) is 0 Å². The number of aromatic nitrogens is 1. The molecule has 0 spiro atoms. The molecule has 0 fully saturated rings. The van der Waals surface area contributed by atoms with E-state index in [-0.39, 0.29) is 17.2 Å². The van der Waals surface area contributed by atoms with E-state index >= 15 is 0 Å². The van der Waals surface area contributed by atoms with Crippen LogP contribution in [0.25, 0.3) is 0 Å². The molecular weight excluding hydrogens is 370 g/mol. The van der Waals surface area contributed by atoms with E-state index in [2.05, 4.69) is 24.1 Å². The highest BCUT2D eigenvalue weighted by Crippen LogP contribution is 2.25. The SMILES string of the molecule is CCC(C)Cc1nc(NC(=O)Cc2ccc(S(C)(=O)=O)cc2)sc1CN. The van der Waals surface area contributed by atoms with Crippen LogP contribution in [0.5, 0.6) is 0 Å². The Kier molecular flexibility index (Phi) is 6.91. The van der Waals surface area contributed by atoms with Crippen LogP contribution in [0.2, 0.25) is 0 Å². The van der Waals surface area contributed by atoms with Gasteiger partial charge in [0.2, 0.25) is 5.91 Å². The van der Waals surface area contributed by atoms with Gasteiger partial charge in [-0.05, 0) is 30.0 Å². The maximum atomic E-state index is 12.3. The average Bonchev–Trinajstić information content (AvgIpc) is 2.95. The van der Waals surface area contributed by atoms with Gasteiger partial charge in [0.1, 0.15) is 0 Å². The molecule has 142 valence electrons. The van der Waals surface area contributed by atoms with E-state index in [1.165, 1.54) is 23.5 Å². The number of rotatable bonds is 8. The predicted molar refractivity (Wildman–Crippen MR) is 105 cm³/mol. The number of carbonyl (C=O) groups is 1. The number of thiazole rings is 1. The van der Waals surface area contributed by atoms with Crippen molar-refractivity contribution in [2.75, 3.05) is 11.6 Å². The third-order valence-electron chi connectivity index (χ3n) is 4.16. The van der Waals surface area contributed by atoms with Crippen molar-refractivity contribution >= 4 is 32.2 Å². The zero-order valence-corrected chi connectivity index (χ0v) is 16.9. The quantitative estimate of drug-likeness (QED) is 0.715. The van der Waals surface area contributed by atoms with E-state index in [0.717, 1.165) is 35.2 Å². The summed E-state index contributed by atoms with van der Waals surface area (Å²) in [6.07, 6.45) is 3.22. The van der Waals surface area contributed by atoms with Crippen molar-refractivity contribution in [2.45, 2.75) is 44.6 Å². The van der Waals surface area contributed by atoms with Gasteiger partial charge in [-0.1, -0.05) is 32.4 Å². The minimum absolute atomic E-state index is 0.155. The minimum Gasteiger partial charge on any atom is -0.326 e. The molecule has 0 aliphatic heterocycles. The van der Waals surface area contributed by atoms with Crippen LogP contribution in [0, 0.1) is 5.92 Å². The third kappa shape index (κ3) is 5.62. The molecule has 1 aromatic heterocycles. The molecule has 0 aliphatic carbocycles. The third-order valence-corrected chi connectivity index (χ3v) is 6.33. The van der Waals surface area contributed by atoms with Gasteiger partial charge in [-0.15, -0.1) is 11.3 Å². The van der Waals surface area contributed by atoms with Crippen molar-refractivity contribution in [3.05, 3.63) is 40.4 Å². The second-order valence-electron chi connectivity index (χ2n) is 6.45. The lowest BCUT2D eigenvalue weighted by Gasteiger charge is -2.06. The van der Waals surface area contributed by atoms with Gasteiger partial charge in [0.25, 0.3) is 0 Å². The number of sulfone groups is 1. The van der Waals surface area contributed by atoms with Crippen LogP contribution < -0.4 is 11.1 Å². The molecule has 2 rings (SSSR count). The topological polar surface area (TPSA) is 102 Å². The largest absolute Gasteiger partial charge is 0.326 e. The summed E-state index contributed by atoms with van der Waals surface area (Å²) >= 11 is 1.41. The van der Waals surface area contributed by atoms with Crippen molar-refractivity contribution in [1.29, 1.82) is 0 Å². The van der Waals surface area contributed by atoms with Gasteiger partial charge in [0.05, 0.1) is 17.0 Å². The second kappa shape index (κ2) is 8.75. The van der Waals surface area contributed by atoms with Crippen molar-refractivity contribution in [1.82, 2.24) is 4.98 Å². The van der Waals surface area contributed by atoms with E-state index in [9.17, 15) is 13.2 Å². The Morgan fingerprint density at radius 2 is 1.96 bits per heavy atom. The first-order valence-electron chi connectivity index (χ1n) is 8.50. The summed E-state index contributed by atoms with van der Waals surface area (Å²) in [6, 6.07) is 6.32. The molecule has 0 bridgehead atoms. The van der Waals surface area contributed by atoms with Gasteiger partial charge >= 0.3 is 0 Å². The highest BCUT2D eigenvalue weighted by Gasteiger charge is 2.15. The molecule has 3 N–H and O–H groups in total. The first-order valence-corrected chi connectivity index (χ1v) is 11.2. The number of anilines is 1. The smallest absolute Gasteiger partial charge is 0.230 e.